The molecule has 9 nitrogen and oxygen atoms in total. The van der Waals surface area contributed by atoms with Crippen LogP contribution in [-0.2, 0) is 4.79 Å². The van der Waals surface area contributed by atoms with E-state index in [9.17, 15) is 14.4 Å². The molecule has 4 aromatic rings. The van der Waals surface area contributed by atoms with Crippen LogP contribution in [0.25, 0.3) is 22.4 Å². The summed E-state index contributed by atoms with van der Waals surface area (Å²) in [5.74, 6) is -1.04. The second kappa shape index (κ2) is 9.19. The van der Waals surface area contributed by atoms with Gasteiger partial charge in [-0.1, -0.05) is 23.7 Å². The SMILES string of the molecule is O=C(O)c1cccc(C(=O)C(=O)N2CCN(c3ccc(-c4nc5cc(Cl)ccc5[nH]4)cn3)CC2)c1. The number of aromatic carboxylic acids is 1. The van der Waals surface area contributed by atoms with Crippen LogP contribution in [-0.4, -0.2) is 68.8 Å². The van der Waals surface area contributed by atoms with E-state index in [0.717, 1.165) is 22.4 Å². The highest BCUT2D eigenvalue weighted by Gasteiger charge is 2.27. The molecule has 2 aromatic heterocycles. The highest BCUT2D eigenvalue weighted by Crippen LogP contribution is 2.24. The minimum Gasteiger partial charge on any atom is -0.478 e. The Morgan fingerprint density at radius 2 is 1.71 bits per heavy atom. The Morgan fingerprint density at radius 3 is 2.43 bits per heavy atom. The number of aromatic nitrogens is 3. The van der Waals surface area contributed by atoms with Crippen LogP contribution in [0.2, 0.25) is 5.02 Å². The molecule has 3 heterocycles. The number of H-pyrrole nitrogens is 1. The lowest BCUT2D eigenvalue weighted by atomic mass is 10.1. The number of carbonyl (C=O) groups is 3. The Morgan fingerprint density at radius 1 is 0.943 bits per heavy atom. The van der Waals surface area contributed by atoms with Gasteiger partial charge >= 0.3 is 5.97 Å². The number of anilines is 1. The van der Waals surface area contributed by atoms with Crippen LogP contribution in [0.3, 0.4) is 0 Å². The molecule has 2 N–H and O–H groups in total. The number of ketones is 1. The Labute approximate surface area is 205 Å². The van der Waals surface area contributed by atoms with Crippen molar-refractivity contribution in [3.05, 3.63) is 76.9 Å². The van der Waals surface area contributed by atoms with E-state index < -0.39 is 17.7 Å². The van der Waals surface area contributed by atoms with Crippen LogP contribution < -0.4 is 4.90 Å². The van der Waals surface area contributed by atoms with Crippen molar-refractivity contribution in [2.75, 3.05) is 31.1 Å². The number of benzene rings is 2. The molecule has 0 saturated carbocycles. The summed E-state index contributed by atoms with van der Waals surface area (Å²) in [4.78, 5) is 52.4. The van der Waals surface area contributed by atoms with Gasteiger partial charge in [0.15, 0.2) is 0 Å². The average molecular weight is 490 g/mol. The maximum absolute atomic E-state index is 12.7. The largest absolute Gasteiger partial charge is 0.478 e. The zero-order valence-corrected chi connectivity index (χ0v) is 19.2. The van der Waals surface area contributed by atoms with Gasteiger partial charge in [0.25, 0.3) is 5.91 Å². The van der Waals surface area contributed by atoms with E-state index in [2.05, 4.69) is 15.0 Å². The number of carboxylic acid groups (broad SMARTS) is 1. The molecule has 1 aliphatic rings. The van der Waals surface area contributed by atoms with Gasteiger partial charge in [0, 0.05) is 48.5 Å². The average Bonchev–Trinajstić information content (AvgIpc) is 3.31. The monoisotopic (exact) mass is 489 g/mol. The van der Waals surface area contributed by atoms with Gasteiger partial charge in [-0.3, -0.25) is 9.59 Å². The summed E-state index contributed by atoms with van der Waals surface area (Å²) >= 11 is 6.04. The number of aromatic amines is 1. The van der Waals surface area contributed by atoms with Crippen LogP contribution in [0.15, 0.2) is 60.8 Å². The molecule has 35 heavy (non-hydrogen) atoms. The van der Waals surface area contributed by atoms with E-state index in [0.29, 0.717) is 37.0 Å². The smallest absolute Gasteiger partial charge is 0.335 e. The number of hydrogen-bond donors (Lipinski definition) is 2. The first-order valence-electron chi connectivity index (χ1n) is 10.9. The summed E-state index contributed by atoms with van der Waals surface area (Å²) in [6.45, 7) is 1.75. The molecule has 1 amide bonds. The maximum Gasteiger partial charge on any atom is 0.335 e. The molecule has 1 fully saturated rings. The molecule has 0 bridgehead atoms. The van der Waals surface area contributed by atoms with Crippen molar-refractivity contribution in [3.8, 4) is 11.4 Å². The molecule has 10 heteroatoms. The minimum absolute atomic E-state index is 0.0329. The summed E-state index contributed by atoms with van der Waals surface area (Å²) in [6.07, 6.45) is 1.74. The van der Waals surface area contributed by atoms with Crippen LogP contribution in [0.4, 0.5) is 5.82 Å². The van der Waals surface area contributed by atoms with E-state index in [1.165, 1.54) is 29.2 Å². The van der Waals surface area contributed by atoms with Crippen molar-refractivity contribution in [1.29, 1.82) is 0 Å². The summed E-state index contributed by atoms with van der Waals surface area (Å²) in [6, 6.07) is 14.8. The van der Waals surface area contributed by atoms with Gasteiger partial charge in [-0.05, 0) is 42.5 Å². The number of piperazine rings is 1. The third-order valence-electron chi connectivity index (χ3n) is 5.92. The van der Waals surface area contributed by atoms with Gasteiger partial charge in [-0.15, -0.1) is 0 Å². The van der Waals surface area contributed by atoms with Crippen molar-refractivity contribution in [2.24, 2.45) is 0 Å². The number of rotatable bonds is 5. The number of fused-ring (bicyclic) bond motifs is 1. The molecular weight excluding hydrogens is 470 g/mol. The number of nitrogens with one attached hydrogen (secondary N) is 1. The molecule has 0 spiro atoms. The van der Waals surface area contributed by atoms with Crippen LogP contribution >= 0.6 is 11.6 Å². The van der Waals surface area contributed by atoms with E-state index in [-0.39, 0.29) is 11.1 Å². The molecule has 1 saturated heterocycles. The molecule has 176 valence electrons. The van der Waals surface area contributed by atoms with E-state index in [1.807, 2.05) is 23.1 Å². The predicted molar refractivity (Wildman–Crippen MR) is 131 cm³/mol. The van der Waals surface area contributed by atoms with Crippen molar-refractivity contribution >= 4 is 46.1 Å². The topological polar surface area (TPSA) is 119 Å². The fourth-order valence-electron chi connectivity index (χ4n) is 4.03. The Hall–Kier alpha value is -4.24. The Bertz CT molecular complexity index is 1440. The Kier molecular flexibility index (Phi) is 5.92. The highest BCUT2D eigenvalue weighted by atomic mass is 35.5. The normalized spacial score (nSPS) is 13.7. The predicted octanol–water partition coefficient (Wildman–Crippen LogP) is 3.51. The Balaban J connectivity index is 1.23. The molecule has 0 radical (unpaired) electrons. The minimum atomic E-state index is -1.15. The van der Waals surface area contributed by atoms with Gasteiger partial charge in [0.2, 0.25) is 5.78 Å². The first-order valence-corrected chi connectivity index (χ1v) is 11.3. The number of hydrogen-bond acceptors (Lipinski definition) is 6. The molecule has 2 aromatic carbocycles. The lowest BCUT2D eigenvalue weighted by molar-refractivity contribution is -0.126. The number of imidazole rings is 1. The second-order valence-corrected chi connectivity index (χ2v) is 8.58. The lowest BCUT2D eigenvalue weighted by Gasteiger charge is -2.35. The maximum atomic E-state index is 12.7. The van der Waals surface area contributed by atoms with Crippen LogP contribution in [0, 0.1) is 0 Å². The summed E-state index contributed by atoms with van der Waals surface area (Å²) in [7, 11) is 0. The van der Waals surface area contributed by atoms with E-state index in [1.54, 1.807) is 18.3 Å². The number of Topliss-reactive ketones (excluding diaryl/α,β-unsaturated/α-hetero) is 1. The first-order chi connectivity index (χ1) is 16.9. The van der Waals surface area contributed by atoms with Gasteiger partial charge in [0.1, 0.15) is 11.6 Å². The number of pyridine rings is 1. The van der Waals surface area contributed by atoms with E-state index in [4.69, 9.17) is 16.7 Å². The first kappa shape index (κ1) is 22.5. The number of carbonyl (C=O) groups excluding carboxylic acids is 2. The molecular formula is C25H20ClN5O4. The van der Waals surface area contributed by atoms with Crippen LogP contribution in [0.1, 0.15) is 20.7 Å². The quantitative estimate of drug-likeness (QED) is 0.325. The number of carboxylic acids is 1. The van der Waals surface area contributed by atoms with Gasteiger partial charge in [-0.2, -0.15) is 0 Å². The second-order valence-electron chi connectivity index (χ2n) is 8.15. The summed E-state index contributed by atoms with van der Waals surface area (Å²) < 4.78 is 0. The van der Waals surface area contributed by atoms with Gasteiger partial charge in [0.05, 0.1) is 16.6 Å². The highest BCUT2D eigenvalue weighted by molar-refractivity contribution is 6.42. The van der Waals surface area contributed by atoms with Crippen molar-refractivity contribution in [1.82, 2.24) is 19.9 Å². The molecule has 0 aliphatic carbocycles. The number of amides is 1. The standard InChI is InChI=1S/C25H20ClN5O4/c26-18-5-6-19-20(13-18)29-23(28-19)17-4-7-21(27-14-17)30-8-10-31(11-9-30)24(33)22(32)15-2-1-3-16(12-15)25(34)35/h1-7,12-14H,8-11H2,(H,28,29)(H,34,35). The zero-order valence-electron chi connectivity index (χ0n) is 18.4. The summed E-state index contributed by atoms with van der Waals surface area (Å²) in [5, 5.41) is 9.73. The van der Waals surface area contributed by atoms with Gasteiger partial charge < -0.3 is 19.9 Å². The van der Waals surface area contributed by atoms with Crippen LogP contribution in [0.5, 0.6) is 0 Å². The third-order valence-corrected chi connectivity index (χ3v) is 6.16. The number of nitrogens with zero attached hydrogens (tertiary/aromatic N) is 4. The molecule has 1 aliphatic heterocycles. The van der Waals surface area contributed by atoms with E-state index >= 15 is 0 Å². The number of halogens is 1. The zero-order chi connectivity index (χ0) is 24.5. The molecule has 5 rings (SSSR count). The van der Waals surface area contributed by atoms with Crippen molar-refractivity contribution in [2.45, 2.75) is 0 Å². The fourth-order valence-corrected chi connectivity index (χ4v) is 4.19. The fraction of sp³-hybridized carbons (Fsp3) is 0.160. The molecule has 0 atom stereocenters. The van der Waals surface area contributed by atoms with Crippen molar-refractivity contribution in [3.63, 3.8) is 0 Å². The third kappa shape index (κ3) is 4.58. The van der Waals surface area contributed by atoms with Gasteiger partial charge in [-0.25, -0.2) is 14.8 Å². The molecule has 0 unspecified atom stereocenters. The lowest BCUT2D eigenvalue weighted by Crippen LogP contribution is -2.50. The summed E-state index contributed by atoms with van der Waals surface area (Å²) in [5.41, 5.74) is 2.54. The van der Waals surface area contributed by atoms with Crippen molar-refractivity contribution < 1.29 is 19.5 Å².